The Hall–Kier alpha value is -1.65. The van der Waals surface area contributed by atoms with Gasteiger partial charge >= 0.3 is 0 Å². The summed E-state index contributed by atoms with van der Waals surface area (Å²) < 4.78 is 19.6. The first-order chi connectivity index (χ1) is 10.1. The highest BCUT2D eigenvalue weighted by Gasteiger charge is 2.42. The van der Waals surface area contributed by atoms with Gasteiger partial charge in [-0.1, -0.05) is 23.7 Å². The van der Waals surface area contributed by atoms with Crippen LogP contribution in [-0.2, 0) is 0 Å². The van der Waals surface area contributed by atoms with Gasteiger partial charge < -0.3 is 10.5 Å². The Kier molecular flexibility index (Phi) is 3.83. The van der Waals surface area contributed by atoms with Crippen LogP contribution in [0.4, 0.5) is 4.39 Å². The summed E-state index contributed by atoms with van der Waals surface area (Å²) in [5, 5.41) is 0.554. The van der Waals surface area contributed by atoms with Crippen molar-refractivity contribution >= 4 is 11.6 Å². The molecule has 1 aromatic heterocycles. The fourth-order valence-electron chi connectivity index (χ4n) is 2.19. The first-order valence-electron chi connectivity index (χ1n) is 6.86. The molecule has 1 aliphatic rings. The Balaban J connectivity index is 1.83. The summed E-state index contributed by atoms with van der Waals surface area (Å²) >= 11 is 5.95. The zero-order valence-electron chi connectivity index (χ0n) is 11.5. The van der Waals surface area contributed by atoms with Crippen LogP contribution in [0.2, 0.25) is 5.02 Å². The number of benzene rings is 1. The maximum atomic E-state index is 13.9. The van der Waals surface area contributed by atoms with E-state index in [2.05, 4.69) is 4.98 Å². The van der Waals surface area contributed by atoms with Gasteiger partial charge in [0.15, 0.2) is 0 Å². The maximum Gasteiger partial charge on any atom is 0.220 e. The average Bonchev–Trinajstić information content (AvgIpc) is 3.27. The highest BCUT2D eigenvalue weighted by atomic mass is 35.5. The molecule has 21 heavy (non-hydrogen) atoms. The molecule has 2 N–H and O–H groups in total. The molecule has 1 heterocycles. The second-order valence-corrected chi connectivity index (χ2v) is 5.95. The van der Waals surface area contributed by atoms with Crippen molar-refractivity contribution < 1.29 is 9.13 Å². The third-order valence-electron chi connectivity index (χ3n) is 3.88. The van der Waals surface area contributed by atoms with Crippen molar-refractivity contribution in [1.82, 2.24) is 4.98 Å². The quantitative estimate of drug-likeness (QED) is 0.858. The Morgan fingerprint density at radius 1 is 1.33 bits per heavy atom. The second-order valence-electron chi connectivity index (χ2n) is 5.51. The van der Waals surface area contributed by atoms with Crippen LogP contribution in [0.5, 0.6) is 5.75 Å². The highest BCUT2D eigenvalue weighted by molar-refractivity contribution is 6.30. The standard InChI is InChI=1S/C16H16ClFN2O/c17-12-3-1-2-11(6-12)14-7-13(8-20-15(14)18)21-10-16(9-19)4-5-16/h1-3,6-8H,4-5,9-10,19H2. The molecule has 1 fully saturated rings. The van der Waals surface area contributed by atoms with Gasteiger partial charge in [0.1, 0.15) is 5.75 Å². The predicted octanol–water partition coefficient (Wildman–Crippen LogP) is 3.66. The van der Waals surface area contributed by atoms with E-state index in [1.165, 1.54) is 6.20 Å². The van der Waals surface area contributed by atoms with Crippen molar-refractivity contribution in [3.05, 3.63) is 47.5 Å². The molecule has 0 atom stereocenters. The molecule has 0 radical (unpaired) electrons. The summed E-state index contributed by atoms with van der Waals surface area (Å²) in [5.74, 6) is 0.00989. The lowest BCUT2D eigenvalue weighted by atomic mass is 10.1. The van der Waals surface area contributed by atoms with Crippen LogP contribution in [0.1, 0.15) is 12.8 Å². The largest absolute Gasteiger partial charge is 0.491 e. The van der Waals surface area contributed by atoms with Gasteiger partial charge in [0, 0.05) is 22.5 Å². The van der Waals surface area contributed by atoms with E-state index in [0.29, 0.717) is 35.1 Å². The molecule has 2 aromatic rings. The lowest BCUT2D eigenvalue weighted by Crippen LogP contribution is -2.22. The van der Waals surface area contributed by atoms with Crippen molar-refractivity contribution in [3.63, 3.8) is 0 Å². The van der Waals surface area contributed by atoms with E-state index in [4.69, 9.17) is 22.1 Å². The molecule has 1 aliphatic carbocycles. The number of pyridine rings is 1. The van der Waals surface area contributed by atoms with Crippen molar-refractivity contribution in [2.24, 2.45) is 11.1 Å². The number of hydrogen-bond donors (Lipinski definition) is 1. The van der Waals surface area contributed by atoms with Crippen LogP contribution >= 0.6 is 11.6 Å². The topological polar surface area (TPSA) is 48.1 Å². The number of rotatable bonds is 5. The number of halogens is 2. The van der Waals surface area contributed by atoms with Gasteiger partial charge in [-0.3, -0.25) is 0 Å². The zero-order chi connectivity index (χ0) is 14.9. The van der Waals surface area contributed by atoms with Crippen molar-refractivity contribution in [2.75, 3.05) is 13.2 Å². The summed E-state index contributed by atoms with van der Waals surface area (Å²) in [6.07, 6.45) is 3.56. The van der Waals surface area contributed by atoms with Crippen molar-refractivity contribution in [2.45, 2.75) is 12.8 Å². The summed E-state index contributed by atoms with van der Waals surface area (Å²) in [4.78, 5) is 3.77. The molecule has 3 nitrogen and oxygen atoms in total. The van der Waals surface area contributed by atoms with E-state index in [0.717, 1.165) is 12.8 Å². The molecule has 0 bridgehead atoms. The monoisotopic (exact) mass is 306 g/mol. The summed E-state index contributed by atoms with van der Waals surface area (Å²) in [5.41, 5.74) is 6.89. The van der Waals surface area contributed by atoms with Gasteiger partial charge in [0.2, 0.25) is 5.95 Å². The van der Waals surface area contributed by atoms with E-state index < -0.39 is 5.95 Å². The van der Waals surface area contributed by atoms with Gasteiger partial charge in [-0.25, -0.2) is 4.98 Å². The van der Waals surface area contributed by atoms with Gasteiger partial charge in [0.25, 0.3) is 0 Å². The molecule has 1 aromatic carbocycles. The van der Waals surface area contributed by atoms with E-state index in [1.807, 2.05) is 0 Å². The Morgan fingerprint density at radius 2 is 2.14 bits per heavy atom. The van der Waals surface area contributed by atoms with E-state index in [1.54, 1.807) is 30.3 Å². The maximum absolute atomic E-state index is 13.9. The van der Waals surface area contributed by atoms with Gasteiger partial charge in [-0.15, -0.1) is 0 Å². The van der Waals surface area contributed by atoms with Crippen LogP contribution in [0.3, 0.4) is 0 Å². The highest BCUT2D eigenvalue weighted by Crippen LogP contribution is 2.44. The first kappa shape index (κ1) is 14.3. The minimum Gasteiger partial charge on any atom is -0.491 e. The summed E-state index contributed by atoms with van der Waals surface area (Å²) in [7, 11) is 0. The second kappa shape index (κ2) is 5.62. The average molecular weight is 307 g/mol. The number of aromatic nitrogens is 1. The Bertz CT molecular complexity index is 658. The van der Waals surface area contributed by atoms with Crippen LogP contribution in [-0.4, -0.2) is 18.1 Å². The first-order valence-corrected chi connectivity index (χ1v) is 7.24. The van der Waals surface area contributed by atoms with Gasteiger partial charge in [0.05, 0.1) is 12.8 Å². The summed E-state index contributed by atoms with van der Waals surface area (Å²) in [6.45, 7) is 1.16. The molecule has 0 saturated heterocycles. The number of nitrogens with two attached hydrogens (primary N) is 1. The molecule has 5 heteroatoms. The fourth-order valence-corrected chi connectivity index (χ4v) is 2.38. The molecule has 3 rings (SSSR count). The van der Waals surface area contributed by atoms with Gasteiger partial charge in [-0.2, -0.15) is 4.39 Å². The molecule has 1 saturated carbocycles. The normalized spacial score (nSPS) is 15.8. The lowest BCUT2D eigenvalue weighted by molar-refractivity contribution is 0.237. The number of ether oxygens (including phenoxy) is 1. The lowest BCUT2D eigenvalue weighted by Gasteiger charge is -2.14. The fraction of sp³-hybridized carbons (Fsp3) is 0.312. The molecular weight excluding hydrogens is 291 g/mol. The van der Waals surface area contributed by atoms with Crippen LogP contribution in [0.25, 0.3) is 11.1 Å². The third-order valence-corrected chi connectivity index (χ3v) is 4.12. The minimum atomic E-state index is -0.537. The van der Waals surface area contributed by atoms with E-state index in [9.17, 15) is 4.39 Å². The number of hydrogen-bond acceptors (Lipinski definition) is 3. The van der Waals surface area contributed by atoms with Crippen molar-refractivity contribution in [3.8, 4) is 16.9 Å². The number of nitrogens with zero attached hydrogens (tertiary/aromatic N) is 1. The molecule has 0 spiro atoms. The van der Waals surface area contributed by atoms with E-state index in [-0.39, 0.29) is 5.41 Å². The van der Waals surface area contributed by atoms with Crippen LogP contribution < -0.4 is 10.5 Å². The van der Waals surface area contributed by atoms with Gasteiger partial charge in [-0.05, 0) is 36.6 Å². The minimum absolute atomic E-state index is 0.102. The SMILES string of the molecule is NCC1(COc2cnc(F)c(-c3cccc(Cl)c3)c2)CC1. The summed E-state index contributed by atoms with van der Waals surface area (Å²) in [6, 6.07) is 8.67. The molecule has 0 aliphatic heterocycles. The third kappa shape index (κ3) is 3.17. The van der Waals surface area contributed by atoms with Crippen molar-refractivity contribution in [1.29, 1.82) is 0 Å². The molecule has 0 amide bonds. The van der Waals surface area contributed by atoms with Crippen LogP contribution in [0.15, 0.2) is 36.5 Å². The zero-order valence-corrected chi connectivity index (χ0v) is 12.2. The van der Waals surface area contributed by atoms with Crippen LogP contribution in [0, 0.1) is 11.4 Å². The molecular formula is C16H16ClFN2O. The Morgan fingerprint density at radius 3 is 2.81 bits per heavy atom. The molecule has 0 unspecified atom stereocenters. The van der Waals surface area contributed by atoms with E-state index >= 15 is 0 Å². The predicted molar refractivity (Wildman–Crippen MR) is 80.9 cm³/mol. The molecule has 110 valence electrons. The smallest absolute Gasteiger partial charge is 0.220 e. The Labute approximate surface area is 127 Å².